The van der Waals surface area contributed by atoms with E-state index in [1.54, 1.807) is 6.07 Å². The van der Waals surface area contributed by atoms with Crippen molar-refractivity contribution in [2.24, 2.45) is 0 Å². The third-order valence-electron chi connectivity index (χ3n) is 3.50. The van der Waals surface area contributed by atoms with Crippen molar-refractivity contribution in [1.82, 2.24) is 4.98 Å². The summed E-state index contributed by atoms with van der Waals surface area (Å²) in [5, 5.41) is 4.38. The minimum absolute atomic E-state index is 0.294. The minimum Gasteiger partial charge on any atom is -0.397 e. The Balaban J connectivity index is 1.90. The minimum atomic E-state index is -0.294. The summed E-state index contributed by atoms with van der Waals surface area (Å²) >= 11 is 0. The lowest BCUT2D eigenvalue weighted by atomic mass is 10.1. The summed E-state index contributed by atoms with van der Waals surface area (Å²) in [7, 11) is 0. The molecule has 0 unspecified atom stereocenters. The van der Waals surface area contributed by atoms with Crippen LogP contribution in [0.5, 0.6) is 0 Å². The highest BCUT2D eigenvalue weighted by molar-refractivity contribution is 5.85. The molecule has 0 amide bonds. The molecule has 0 aliphatic heterocycles. The van der Waals surface area contributed by atoms with Crippen molar-refractivity contribution >= 4 is 22.3 Å². The highest BCUT2D eigenvalue weighted by Gasteiger charge is 2.08. The number of halogens is 1. The summed E-state index contributed by atoms with van der Waals surface area (Å²) in [6.45, 7) is 2.63. The average Bonchev–Trinajstić information content (AvgIpc) is 2.75. The van der Waals surface area contributed by atoms with Gasteiger partial charge in [-0.05, 0) is 36.8 Å². The molecular weight excluding hydrogens is 253 g/mol. The molecule has 0 aliphatic carbocycles. The molecule has 0 bridgehead atoms. The van der Waals surface area contributed by atoms with Gasteiger partial charge in [-0.2, -0.15) is 0 Å². The lowest BCUT2D eigenvalue weighted by molar-refractivity contribution is 0.628. The molecule has 1 aromatic heterocycles. The molecule has 3 nitrogen and oxygen atoms in total. The molecule has 1 heterocycles. The van der Waals surface area contributed by atoms with E-state index in [0.717, 1.165) is 11.2 Å². The summed E-state index contributed by atoms with van der Waals surface area (Å²) in [6, 6.07) is 12.5. The normalized spacial score (nSPS) is 10.9. The van der Waals surface area contributed by atoms with E-state index in [1.807, 2.05) is 25.1 Å². The Labute approximate surface area is 116 Å². The third kappa shape index (κ3) is 2.20. The van der Waals surface area contributed by atoms with Crippen LogP contribution in [0.15, 0.2) is 42.5 Å². The van der Waals surface area contributed by atoms with Gasteiger partial charge < -0.3 is 16.0 Å². The van der Waals surface area contributed by atoms with Gasteiger partial charge in [0.1, 0.15) is 5.82 Å². The van der Waals surface area contributed by atoms with Crippen LogP contribution >= 0.6 is 0 Å². The van der Waals surface area contributed by atoms with E-state index in [1.165, 1.54) is 23.1 Å². The smallest absolute Gasteiger partial charge is 0.125 e. The molecule has 0 atom stereocenters. The van der Waals surface area contributed by atoms with Crippen molar-refractivity contribution in [2.45, 2.75) is 13.5 Å². The van der Waals surface area contributed by atoms with Crippen molar-refractivity contribution < 1.29 is 4.39 Å². The van der Waals surface area contributed by atoms with Crippen LogP contribution in [-0.4, -0.2) is 4.98 Å². The van der Waals surface area contributed by atoms with Gasteiger partial charge in [0.05, 0.1) is 11.4 Å². The summed E-state index contributed by atoms with van der Waals surface area (Å²) in [5.74, 6) is -0.294. The number of aromatic amines is 1. The van der Waals surface area contributed by atoms with Crippen LogP contribution in [0.1, 0.15) is 11.3 Å². The summed E-state index contributed by atoms with van der Waals surface area (Å²) in [4.78, 5) is 3.34. The maximum atomic E-state index is 13.2. The van der Waals surface area contributed by atoms with Gasteiger partial charge in [-0.15, -0.1) is 0 Å². The molecule has 20 heavy (non-hydrogen) atoms. The highest BCUT2D eigenvalue weighted by atomic mass is 19.1. The van der Waals surface area contributed by atoms with E-state index in [-0.39, 0.29) is 5.82 Å². The molecule has 0 radical (unpaired) electrons. The van der Waals surface area contributed by atoms with E-state index in [0.29, 0.717) is 17.9 Å². The van der Waals surface area contributed by atoms with Crippen LogP contribution in [0.3, 0.4) is 0 Å². The number of nitrogens with one attached hydrogen (secondary N) is 2. The van der Waals surface area contributed by atoms with Gasteiger partial charge in [0, 0.05) is 23.1 Å². The van der Waals surface area contributed by atoms with Crippen LogP contribution in [-0.2, 0) is 6.54 Å². The maximum absolute atomic E-state index is 13.2. The first-order valence-corrected chi connectivity index (χ1v) is 6.50. The predicted octanol–water partition coefficient (Wildman–Crippen LogP) is 3.81. The molecule has 4 N–H and O–H groups in total. The van der Waals surface area contributed by atoms with E-state index < -0.39 is 0 Å². The molecule has 4 heteroatoms. The SMILES string of the molecule is Cc1[nH]c2ccccc2c1CNc1cc(F)ccc1N. The molecule has 0 aliphatic rings. The van der Waals surface area contributed by atoms with Crippen LogP contribution in [0, 0.1) is 12.7 Å². The number of hydrogen-bond donors (Lipinski definition) is 3. The van der Waals surface area contributed by atoms with Crippen LogP contribution < -0.4 is 11.1 Å². The first kappa shape index (κ1) is 12.5. The van der Waals surface area contributed by atoms with Gasteiger partial charge in [-0.25, -0.2) is 4.39 Å². The fourth-order valence-electron chi connectivity index (χ4n) is 2.43. The Morgan fingerprint density at radius 3 is 2.85 bits per heavy atom. The number of aryl methyl sites for hydroxylation is 1. The second kappa shape index (κ2) is 4.89. The highest BCUT2D eigenvalue weighted by Crippen LogP contribution is 2.25. The molecule has 2 aromatic carbocycles. The molecule has 3 rings (SSSR count). The average molecular weight is 269 g/mol. The Morgan fingerprint density at radius 1 is 1.20 bits per heavy atom. The quantitative estimate of drug-likeness (QED) is 0.633. The summed E-state index contributed by atoms with van der Waals surface area (Å²) in [6.07, 6.45) is 0. The van der Waals surface area contributed by atoms with Crippen LogP contribution in [0.2, 0.25) is 0 Å². The van der Waals surface area contributed by atoms with E-state index in [4.69, 9.17) is 5.73 Å². The zero-order valence-electron chi connectivity index (χ0n) is 11.2. The first-order valence-electron chi connectivity index (χ1n) is 6.50. The Morgan fingerprint density at radius 2 is 2.00 bits per heavy atom. The summed E-state index contributed by atoms with van der Waals surface area (Å²) < 4.78 is 13.2. The van der Waals surface area contributed by atoms with E-state index in [9.17, 15) is 4.39 Å². The van der Waals surface area contributed by atoms with Crippen LogP contribution in [0.25, 0.3) is 10.9 Å². The number of anilines is 2. The number of hydrogen-bond acceptors (Lipinski definition) is 2. The van der Waals surface area contributed by atoms with Crippen molar-refractivity contribution in [3.8, 4) is 0 Å². The number of nitrogens with two attached hydrogens (primary N) is 1. The van der Waals surface area contributed by atoms with Gasteiger partial charge in [-0.3, -0.25) is 0 Å². The van der Waals surface area contributed by atoms with Gasteiger partial charge >= 0.3 is 0 Å². The Hall–Kier alpha value is -2.49. The van der Waals surface area contributed by atoms with Crippen molar-refractivity contribution in [1.29, 1.82) is 0 Å². The van der Waals surface area contributed by atoms with Crippen molar-refractivity contribution in [3.05, 3.63) is 59.5 Å². The second-order valence-corrected chi connectivity index (χ2v) is 4.86. The second-order valence-electron chi connectivity index (χ2n) is 4.86. The van der Waals surface area contributed by atoms with Crippen molar-refractivity contribution in [3.63, 3.8) is 0 Å². The molecule has 0 saturated carbocycles. The number of rotatable bonds is 3. The standard InChI is InChI=1S/C16H16FN3/c1-10-13(12-4-2-3-5-15(12)20-10)9-19-16-8-11(17)6-7-14(16)18/h2-8,19-20H,9,18H2,1H3. The zero-order valence-corrected chi connectivity index (χ0v) is 11.2. The topological polar surface area (TPSA) is 53.8 Å². The van der Waals surface area contributed by atoms with E-state index >= 15 is 0 Å². The predicted molar refractivity (Wildman–Crippen MR) is 81.2 cm³/mol. The Bertz CT molecular complexity index is 762. The van der Waals surface area contributed by atoms with E-state index in [2.05, 4.69) is 16.4 Å². The molecular formula is C16H16FN3. The lowest BCUT2D eigenvalue weighted by Gasteiger charge is -2.09. The Kier molecular flexibility index (Phi) is 3.06. The fourth-order valence-corrected chi connectivity index (χ4v) is 2.43. The lowest BCUT2D eigenvalue weighted by Crippen LogP contribution is -2.03. The van der Waals surface area contributed by atoms with Crippen molar-refractivity contribution in [2.75, 3.05) is 11.1 Å². The molecule has 3 aromatic rings. The monoisotopic (exact) mass is 269 g/mol. The molecule has 0 spiro atoms. The van der Waals surface area contributed by atoms with Gasteiger partial charge in [0.15, 0.2) is 0 Å². The maximum Gasteiger partial charge on any atom is 0.125 e. The van der Waals surface area contributed by atoms with Crippen LogP contribution in [0.4, 0.5) is 15.8 Å². The van der Waals surface area contributed by atoms with Gasteiger partial charge in [-0.1, -0.05) is 18.2 Å². The third-order valence-corrected chi connectivity index (χ3v) is 3.50. The molecule has 102 valence electrons. The summed E-state index contributed by atoms with van der Waals surface area (Å²) in [5.41, 5.74) is 10.4. The molecule has 0 saturated heterocycles. The largest absolute Gasteiger partial charge is 0.397 e. The number of benzene rings is 2. The number of H-pyrrole nitrogens is 1. The number of nitrogen functional groups attached to an aromatic ring is 1. The number of para-hydroxylation sites is 1. The first-order chi connectivity index (χ1) is 9.65. The number of aromatic nitrogens is 1. The van der Waals surface area contributed by atoms with Gasteiger partial charge in [0.2, 0.25) is 0 Å². The fraction of sp³-hybridized carbons (Fsp3) is 0.125. The number of fused-ring (bicyclic) bond motifs is 1. The van der Waals surface area contributed by atoms with Gasteiger partial charge in [0.25, 0.3) is 0 Å². The molecule has 0 fully saturated rings. The zero-order chi connectivity index (χ0) is 14.1.